The standard InChI is InChI=1S/C17H25N3O3.HI/c1-5-18-16(19-10-14-9-12(2)23-13(14)3)20-11-17(4,21)15-7-6-8-22-15;/h6-9,21H,5,10-11H2,1-4H3,(H2,18,19,20);1H. The first-order chi connectivity index (χ1) is 10.9. The summed E-state index contributed by atoms with van der Waals surface area (Å²) in [6, 6.07) is 5.50. The van der Waals surface area contributed by atoms with E-state index in [1.807, 2.05) is 26.8 Å². The highest BCUT2D eigenvalue weighted by atomic mass is 127. The molecule has 2 aromatic rings. The minimum Gasteiger partial charge on any atom is -0.466 e. The molecular formula is C17H26IN3O3. The first kappa shape index (κ1) is 20.6. The van der Waals surface area contributed by atoms with Crippen molar-refractivity contribution in [2.75, 3.05) is 13.1 Å². The third kappa shape index (κ3) is 5.55. The van der Waals surface area contributed by atoms with E-state index >= 15 is 0 Å². The van der Waals surface area contributed by atoms with Crippen LogP contribution in [0.4, 0.5) is 0 Å². The molecule has 0 radical (unpaired) electrons. The van der Waals surface area contributed by atoms with Crippen LogP contribution in [0.5, 0.6) is 0 Å². The summed E-state index contributed by atoms with van der Waals surface area (Å²) in [6.45, 7) is 9.08. The fourth-order valence-electron chi connectivity index (χ4n) is 2.27. The van der Waals surface area contributed by atoms with Crippen LogP contribution in [0.25, 0.3) is 0 Å². The minimum atomic E-state index is -1.11. The number of aryl methyl sites for hydroxylation is 2. The number of guanidine groups is 1. The molecule has 0 aliphatic carbocycles. The molecule has 0 fully saturated rings. The lowest BCUT2D eigenvalue weighted by Gasteiger charge is -2.22. The fraction of sp³-hybridized carbons (Fsp3) is 0.471. The summed E-state index contributed by atoms with van der Waals surface area (Å²) in [5.41, 5.74) is -0.0561. The van der Waals surface area contributed by atoms with Crippen molar-refractivity contribution in [1.82, 2.24) is 10.6 Å². The molecule has 3 N–H and O–H groups in total. The Kier molecular flexibility index (Phi) is 7.82. The van der Waals surface area contributed by atoms with Gasteiger partial charge in [0, 0.05) is 12.1 Å². The Labute approximate surface area is 159 Å². The molecule has 2 heterocycles. The van der Waals surface area contributed by atoms with Crippen LogP contribution in [-0.4, -0.2) is 24.2 Å². The van der Waals surface area contributed by atoms with Gasteiger partial charge in [0.05, 0.1) is 19.4 Å². The van der Waals surface area contributed by atoms with Crippen molar-refractivity contribution in [3.05, 3.63) is 47.3 Å². The van der Waals surface area contributed by atoms with Crippen molar-refractivity contribution in [3.8, 4) is 0 Å². The van der Waals surface area contributed by atoms with E-state index in [0.717, 1.165) is 23.6 Å². The molecule has 134 valence electrons. The largest absolute Gasteiger partial charge is 0.466 e. The molecule has 0 aromatic carbocycles. The minimum absolute atomic E-state index is 0. The van der Waals surface area contributed by atoms with E-state index in [1.54, 1.807) is 25.3 Å². The fourth-order valence-corrected chi connectivity index (χ4v) is 2.27. The summed E-state index contributed by atoms with van der Waals surface area (Å²) in [6.07, 6.45) is 1.55. The van der Waals surface area contributed by atoms with Gasteiger partial charge in [0.25, 0.3) is 0 Å². The smallest absolute Gasteiger partial charge is 0.191 e. The number of hydrogen-bond acceptors (Lipinski definition) is 4. The number of hydrogen-bond donors (Lipinski definition) is 3. The lowest BCUT2D eigenvalue weighted by molar-refractivity contribution is 0.0386. The highest BCUT2D eigenvalue weighted by molar-refractivity contribution is 14.0. The molecule has 0 aliphatic heterocycles. The number of furan rings is 2. The summed E-state index contributed by atoms with van der Waals surface area (Å²) in [7, 11) is 0. The first-order valence-corrected chi connectivity index (χ1v) is 7.77. The molecule has 6 nitrogen and oxygen atoms in total. The molecule has 1 unspecified atom stereocenters. The zero-order valence-corrected chi connectivity index (χ0v) is 16.9. The van der Waals surface area contributed by atoms with Crippen molar-refractivity contribution in [2.45, 2.75) is 39.8 Å². The monoisotopic (exact) mass is 447 g/mol. The quantitative estimate of drug-likeness (QED) is 0.360. The second-order valence-corrected chi connectivity index (χ2v) is 5.74. The molecule has 0 saturated carbocycles. The molecule has 24 heavy (non-hydrogen) atoms. The summed E-state index contributed by atoms with van der Waals surface area (Å²) < 4.78 is 10.8. The number of aliphatic imine (C=N–C) groups is 1. The predicted molar refractivity (Wildman–Crippen MR) is 105 cm³/mol. The van der Waals surface area contributed by atoms with Crippen molar-refractivity contribution >= 4 is 29.9 Å². The molecule has 7 heteroatoms. The third-order valence-corrected chi connectivity index (χ3v) is 3.55. The average Bonchev–Trinajstić information content (AvgIpc) is 3.12. The lowest BCUT2D eigenvalue weighted by atomic mass is 10.0. The Morgan fingerprint density at radius 2 is 2.08 bits per heavy atom. The number of aliphatic hydroxyl groups is 1. The zero-order valence-electron chi connectivity index (χ0n) is 14.5. The molecule has 0 bridgehead atoms. The maximum absolute atomic E-state index is 10.5. The molecule has 0 spiro atoms. The van der Waals surface area contributed by atoms with Gasteiger partial charge in [0.2, 0.25) is 0 Å². The van der Waals surface area contributed by atoms with Gasteiger partial charge < -0.3 is 24.6 Å². The van der Waals surface area contributed by atoms with Crippen molar-refractivity contribution in [2.24, 2.45) is 4.99 Å². The Morgan fingerprint density at radius 3 is 2.62 bits per heavy atom. The summed E-state index contributed by atoms with van der Waals surface area (Å²) in [5, 5.41) is 16.8. The molecule has 1 atom stereocenters. The van der Waals surface area contributed by atoms with Crippen LogP contribution in [-0.2, 0) is 12.1 Å². The van der Waals surface area contributed by atoms with Crippen molar-refractivity contribution < 1.29 is 13.9 Å². The van der Waals surface area contributed by atoms with Gasteiger partial charge in [-0.15, -0.1) is 24.0 Å². The van der Waals surface area contributed by atoms with Gasteiger partial charge in [-0.25, -0.2) is 4.99 Å². The lowest BCUT2D eigenvalue weighted by Crippen LogP contribution is -2.44. The van der Waals surface area contributed by atoms with Gasteiger partial charge in [-0.05, 0) is 45.9 Å². The van der Waals surface area contributed by atoms with Gasteiger partial charge in [-0.2, -0.15) is 0 Å². The van der Waals surface area contributed by atoms with Crippen LogP contribution in [0.1, 0.15) is 36.7 Å². The van der Waals surface area contributed by atoms with E-state index in [9.17, 15) is 5.11 Å². The maximum Gasteiger partial charge on any atom is 0.191 e. The van der Waals surface area contributed by atoms with E-state index in [0.29, 0.717) is 18.3 Å². The van der Waals surface area contributed by atoms with Crippen LogP contribution in [0, 0.1) is 13.8 Å². The number of halogens is 1. The normalized spacial score (nSPS) is 14.0. The van der Waals surface area contributed by atoms with Crippen LogP contribution in [0.3, 0.4) is 0 Å². The highest BCUT2D eigenvalue weighted by Crippen LogP contribution is 2.19. The van der Waals surface area contributed by atoms with Gasteiger partial charge in [-0.1, -0.05) is 0 Å². The van der Waals surface area contributed by atoms with E-state index < -0.39 is 5.60 Å². The highest BCUT2D eigenvalue weighted by Gasteiger charge is 2.26. The van der Waals surface area contributed by atoms with E-state index in [1.165, 1.54) is 0 Å². The Bertz CT molecular complexity index is 648. The van der Waals surface area contributed by atoms with Crippen LogP contribution in [0.2, 0.25) is 0 Å². The van der Waals surface area contributed by atoms with E-state index in [4.69, 9.17) is 8.83 Å². The topological polar surface area (TPSA) is 82.9 Å². The number of nitrogens with zero attached hydrogens (tertiary/aromatic N) is 1. The molecular weight excluding hydrogens is 421 g/mol. The molecule has 0 amide bonds. The predicted octanol–water partition coefficient (Wildman–Crippen LogP) is 3.07. The van der Waals surface area contributed by atoms with Gasteiger partial charge in [-0.3, -0.25) is 0 Å². The Balaban J connectivity index is 0.00000288. The van der Waals surface area contributed by atoms with Gasteiger partial charge in [0.1, 0.15) is 22.9 Å². The van der Waals surface area contributed by atoms with Crippen molar-refractivity contribution in [1.29, 1.82) is 0 Å². The SMILES string of the molecule is CCNC(=NCc1cc(C)oc1C)NCC(C)(O)c1ccco1.I. The van der Waals surface area contributed by atoms with Crippen LogP contribution < -0.4 is 10.6 Å². The van der Waals surface area contributed by atoms with Crippen LogP contribution >= 0.6 is 24.0 Å². The molecule has 0 aliphatic rings. The molecule has 2 rings (SSSR count). The first-order valence-electron chi connectivity index (χ1n) is 7.77. The number of nitrogens with one attached hydrogen (secondary N) is 2. The van der Waals surface area contributed by atoms with Crippen LogP contribution in [0.15, 0.2) is 38.3 Å². The van der Waals surface area contributed by atoms with E-state index in [2.05, 4.69) is 15.6 Å². The molecule has 0 saturated heterocycles. The number of rotatable bonds is 6. The summed E-state index contributed by atoms with van der Waals surface area (Å²) >= 11 is 0. The van der Waals surface area contributed by atoms with Crippen molar-refractivity contribution in [3.63, 3.8) is 0 Å². The van der Waals surface area contributed by atoms with E-state index in [-0.39, 0.29) is 30.5 Å². The Morgan fingerprint density at radius 1 is 1.33 bits per heavy atom. The zero-order chi connectivity index (χ0) is 16.9. The maximum atomic E-state index is 10.5. The van der Waals surface area contributed by atoms with Gasteiger partial charge in [0.15, 0.2) is 5.96 Å². The van der Waals surface area contributed by atoms with Gasteiger partial charge >= 0.3 is 0 Å². The second-order valence-electron chi connectivity index (χ2n) is 5.74. The summed E-state index contributed by atoms with van der Waals surface area (Å²) in [5.74, 6) is 2.91. The second kappa shape index (κ2) is 9.12. The average molecular weight is 447 g/mol. The third-order valence-electron chi connectivity index (χ3n) is 3.55. The summed E-state index contributed by atoms with van der Waals surface area (Å²) in [4.78, 5) is 4.53. The molecule has 2 aromatic heterocycles. The Hall–Kier alpha value is -1.48.